The van der Waals surface area contributed by atoms with E-state index < -0.39 is 54.6 Å². The van der Waals surface area contributed by atoms with Crippen molar-refractivity contribution in [2.75, 3.05) is 13.1 Å². The predicted molar refractivity (Wildman–Crippen MR) is 77.8 cm³/mol. The predicted octanol–water partition coefficient (Wildman–Crippen LogP) is 0.554. The van der Waals surface area contributed by atoms with E-state index in [2.05, 4.69) is 10.6 Å². The number of carbonyl (C=O) groups excluding carboxylic acids is 2. The molecule has 1 saturated heterocycles. The maximum atomic E-state index is 14.0. The van der Waals surface area contributed by atoms with Gasteiger partial charge in [0, 0.05) is 0 Å². The van der Waals surface area contributed by atoms with E-state index in [1.54, 1.807) is 0 Å². The molecule has 0 aromatic carbocycles. The molecule has 0 bridgehead atoms. The zero-order chi connectivity index (χ0) is 19.4. The van der Waals surface area contributed by atoms with E-state index in [1.165, 1.54) is 13.8 Å². The van der Waals surface area contributed by atoms with E-state index >= 15 is 0 Å². The summed E-state index contributed by atoms with van der Waals surface area (Å²) in [7, 11) is 0. The normalized spacial score (nSPS) is 21.1. The minimum atomic E-state index is -4.86. The van der Waals surface area contributed by atoms with E-state index in [-0.39, 0.29) is 0 Å². The van der Waals surface area contributed by atoms with Gasteiger partial charge in [0.1, 0.15) is 12.6 Å². The summed E-state index contributed by atoms with van der Waals surface area (Å²) >= 11 is 0. The van der Waals surface area contributed by atoms with Crippen molar-refractivity contribution in [1.82, 2.24) is 16.0 Å². The molecule has 1 rings (SSSR count). The zero-order valence-corrected chi connectivity index (χ0v) is 13.8. The first-order chi connectivity index (χ1) is 11.4. The van der Waals surface area contributed by atoms with E-state index in [4.69, 9.17) is 0 Å². The molecule has 1 fully saturated rings. The number of hydrogen-bond acceptors (Lipinski definition) is 4. The van der Waals surface area contributed by atoms with Gasteiger partial charge in [-0.2, -0.15) is 22.0 Å². The van der Waals surface area contributed by atoms with Crippen LogP contribution in [0.15, 0.2) is 0 Å². The third-order valence-corrected chi connectivity index (χ3v) is 3.87. The van der Waals surface area contributed by atoms with Gasteiger partial charge in [-0.05, 0) is 25.3 Å². The molecule has 2 unspecified atom stereocenters. The molecule has 25 heavy (non-hydrogen) atoms. The van der Waals surface area contributed by atoms with Crippen LogP contribution in [0, 0.1) is 5.92 Å². The van der Waals surface area contributed by atoms with Crippen LogP contribution in [0.4, 0.5) is 22.0 Å². The van der Waals surface area contributed by atoms with Crippen molar-refractivity contribution in [2.24, 2.45) is 5.92 Å². The van der Waals surface area contributed by atoms with Crippen LogP contribution < -0.4 is 16.0 Å². The Balaban J connectivity index is 2.79. The molecule has 0 saturated carbocycles. The van der Waals surface area contributed by atoms with E-state index in [0.29, 0.717) is 13.0 Å². The number of rotatable bonds is 7. The summed E-state index contributed by atoms with van der Waals surface area (Å²) in [6.07, 6.45) is -6.32. The summed E-state index contributed by atoms with van der Waals surface area (Å²) in [5.74, 6) is -8.06. The molecule has 0 radical (unpaired) electrons. The van der Waals surface area contributed by atoms with Gasteiger partial charge in [0.15, 0.2) is 0 Å². The van der Waals surface area contributed by atoms with Crippen LogP contribution in [-0.2, 0) is 9.59 Å². The van der Waals surface area contributed by atoms with Gasteiger partial charge in [-0.1, -0.05) is 13.8 Å². The number of carbonyl (C=O) groups is 2. The van der Waals surface area contributed by atoms with Crippen molar-refractivity contribution in [1.29, 1.82) is 0 Å². The lowest BCUT2D eigenvalue weighted by molar-refractivity contribution is -0.174. The highest BCUT2D eigenvalue weighted by Crippen LogP contribution is 2.25. The topological polar surface area (TPSA) is 90.5 Å². The van der Waals surface area contributed by atoms with Crippen LogP contribution in [0.3, 0.4) is 0 Å². The summed E-state index contributed by atoms with van der Waals surface area (Å²) in [6.45, 7) is 1.50. The van der Waals surface area contributed by atoms with Gasteiger partial charge in [0.2, 0.25) is 5.91 Å². The molecule has 1 heterocycles. The number of aliphatic hydroxyl groups is 1. The molecule has 3 atom stereocenters. The Bertz CT molecular complexity index is 479. The quantitative estimate of drug-likeness (QED) is 0.490. The molecule has 0 aromatic rings. The summed E-state index contributed by atoms with van der Waals surface area (Å²) in [4.78, 5) is 23.4. The van der Waals surface area contributed by atoms with Crippen molar-refractivity contribution < 1.29 is 36.6 Å². The van der Waals surface area contributed by atoms with Gasteiger partial charge in [-0.15, -0.1) is 0 Å². The Morgan fingerprint density at radius 3 is 2.28 bits per heavy atom. The molecular formula is C14H22F5N3O3. The van der Waals surface area contributed by atoms with Crippen LogP contribution >= 0.6 is 0 Å². The first-order valence-electron chi connectivity index (χ1n) is 7.81. The monoisotopic (exact) mass is 375 g/mol. The average Bonchev–Trinajstić information content (AvgIpc) is 3.02. The minimum absolute atomic E-state index is 0.495. The highest BCUT2D eigenvalue weighted by Gasteiger charge is 2.52. The number of amides is 2. The highest BCUT2D eigenvalue weighted by atomic mass is 19.4. The van der Waals surface area contributed by atoms with Gasteiger partial charge >= 0.3 is 12.1 Å². The standard InChI is InChI=1S/C14H22F5N3O3/c1-7(2)9(22-11(24)8-4-3-5-20-8)10(23)14(18,19)12(25)21-6-13(15,16)17/h7-10,20,23H,3-6H2,1-2H3,(H,21,25)(H,22,24)/t8?,9-,10?/m0/s1. The maximum Gasteiger partial charge on any atom is 0.405 e. The SMILES string of the molecule is CC(C)[C@H](NC(=O)C1CCCN1)C(O)C(F)(F)C(=O)NCC(F)(F)F. The summed E-state index contributed by atoms with van der Waals surface area (Å²) in [5, 5.41) is 16.0. The van der Waals surface area contributed by atoms with Crippen LogP contribution in [0.25, 0.3) is 0 Å². The lowest BCUT2D eigenvalue weighted by atomic mass is 9.93. The fourth-order valence-electron chi connectivity index (χ4n) is 2.44. The van der Waals surface area contributed by atoms with E-state index in [0.717, 1.165) is 11.7 Å². The molecule has 0 aliphatic carbocycles. The lowest BCUT2D eigenvalue weighted by Gasteiger charge is -2.32. The van der Waals surface area contributed by atoms with Crippen molar-refractivity contribution in [3.8, 4) is 0 Å². The lowest BCUT2D eigenvalue weighted by Crippen LogP contribution is -2.61. The molecule has 2 amide bonds. The molecule has 4 N–H and O–H groups in total. The first kappa shape index (κ1) is 21.6. The van der Waals surface area contributed by atoms with E-state index in [9.17, 15) is 36.6 Å². The molecule has 1 aliphatic heterocycles. The summed E-state index contributed by atoms with van der Waals surface area (Å²) in [6, 6.07) is -2.11. The smallest absolute Gasteiger partial charge is 0.384 e. The van der Waals surface area contributed by atoms with Gasteiger partial charge < -0.3 is 21.1 Å². The summed E-state index contributed by atoms with van der Waals surface area (Å²) < 4.78 is 64.2. The van der Waals surface area contributed by atoms with Crippen molar-refractivity contribution >= 4 is 11.8 Å². The Labute approximate surface area is 141 Å². The second kappa shape index (κ2) is 8.26. The van der Waals surface area contributed by atoms with Crippen molar-refractivity contribution in [3.05, 3.63) is 0 Å². The molecule has 0 spiro atoms. The third-order valence-electron chi connectivity index (χ3n) is 3.87. The molecule has 1 aliphatic rings. The summed E-state index contributed by atoms with van der Waals surface area (Å²) in [5.41, 5.74) is 0. The van der Waals surface area contributed by atoms with Crippen molar-refractivity contribution in [2.45, 2.75) is 57.0 Å². The first-order valence-corrected chi connectivity index (χ1v) is 7.81. The number of alkyl halides is 5. The fourth-order valence-corrected chi connectivity index (χ4v) is 2.44. The zero-order valence-electron chi connectivity index (χ0n) is 13.8. The Morgan fingerprint density at radius 2 is 1.84 bits per heavy atom. The largest absolute Gasteiger partial charge is 0.405 e. The average molecular weight is 375 g/mol. The molecular weight excluding hydrogens is 353 g/mol. The number of nitrogens with one attached hydrogen (secondary N) is 3. The third kappa shape index (κ3) is 6.07. The second-order valence-electron chi connectivity index (χ2n) is 6.29. The Hall–Kier alpha value is -1.49. The molecule has 11 heteroatoms. The van der Waals surface area contributed by atoms with Gasteiger partial charge in [0.25, 0.3) is 5.91 Å². The number of aliphatic hydroxyl groups excluding tert-OH is 1. The molecule has 0 aromatic heterocycles. The van der Waals surface area contributed by atoms with Crippen LogP contribution in [0.1, 0.15) is 26.7 Å². The number of halogens is 5. The van der Waals surface area contributed by atoms with Gasteiger partial charge in [-0.25, -0.2) is 0 Å². The number of hydrogen-bond donors (Lipinski definition) is 4. The van der Waals surface area contributed by atoms with Crippen LogP contribution in [0.5, 0.6) is 0 Å². The molecule has 6 nitrogen and oxygen atoms in total. The molecule has 146 valence electrons. The second-order valence-corrected chi connectivity index (χ2v) is 6.29. The maximum absolute atomic E-state index is 14.0. The highest BCUT2D eigenvalue weighted by molar-refractivity contribution is 5.85. The van der Waals surface area contributed by atoms with Crippen LogP contribution in [0.2, 0.25) is 0 Å². The van der Waals surface area contributed by atoms with Gasteiger partial charge in [0.05, 0.1) is 12.1 Å². The Kier molecular flexibility index (Phi) is 7.12. The Morgan fingerprint density at radius 1 is 1.24 bits per heavy atom. The van der Waals surface area contributed by atoms with Gasteiger partial charge in [-0.3, -0.25) is 9.59 Å². The van der Waals surface area contributed by atoms with Crippen LogP contribution in [-0.4, -0.2) is 60.3 Å². The minimum Gasteiger partial charge on any atom is -0.384 e. The fraction of sp³-hybridized carbons (Fsp3) is 0.857. The van der Waals surface area contributed by atoms with E-state index in [1.807, 2.05) is 0 Å². The van der Waals surface area contributed by atoms with Crippen molar-refractivity contribution in [3.63, 3.8) is 0 Å².